The van der Waals surface area contributed by atoms with Gasteiger partial charge in [0.25, 0.3) is 0 Å². The highest BCUT2D eigenvalue weighted by atomic mass is 16.5. The summed E-state index contributed by atoms with van der Waals surface area (Å²) in [5.74, 6) is 1.29. The molecule has 4 heteroatoms. The molecular formula is C16H19N3O. The maximum Gasteiger partial charge on any atom is 0.193 e. The maximum absolute atomic E-state index is 5.86. The van der Waals surface area contributed by atoms with Gasteiger partial charge >= 0.3 is 0 Å². The van der Waals surface area contributed by atoms with Crippen LogP contribution >= 0.6 is 0 Å². The molecule has 0 unspecified atom stereocenters. The number of hydrogen-bond acceptors (Lipinski definition) is 2. The van der Waals surface area contributed by atoms with E-state index >= 15 is 0 Å². The van der Waals surface area contributed by atoms with Crippen LogP contribution in [0.1, 0.15) is 11.1 Å². The fraction of sp³-hybridized carbons (Fsp3) is 0.188. The fourth-order valence-corrected chi connectivity index (χ4v) is 1.92. The average molecular weight is 269 g/mol. The number of benzene rings is 2. The van der Waals surface area contributed by atoms with E-state index < -0.39 is 0 Å². The van der Waals surface area contributed by atoms with Crippen LogP contribution in [0.15, 0.2) is 53.5 Å². The number of nitrogens with zero attached hydrogens (tertiary/aromatic N) is 1. The molecule has 3 N–H and O–H groups in total. The molecule has 2 aromatic carbocycles. The second-order valence-corrected chi connectivity index (χ2v) is 4.50. The summed E-state index contributed by atoms with van der Waals surface area (Å²) in [7, 11) is 1.67. The maximum atomic E-state index is 5.86. The molecular weight excluding hydrogens is 250 g/mol. The Morgan fingerprint density at radius 1 is 1.20 bits per heavy atom. The first kappa shape index (κ1) is 13.9. The summed E-state index contributed by atoms with van der Waals surface area (Å²) in [4.78, 5) is 4.33. The predicted octanol–water partition coefficient (Wildman–Crippen LogP) is 2.93. The third-order valence-electron chi connectivity index (χ3n) is 2.94. The van der Waals surface area contributed by atoms with Crippen molar-refractivity contribution in [3.63, 3.8) is 0 Å². The third-order valence-corrected chi connectivity index (χ3v) is 2.94. The van der Waals surface area contributed by atoms with Crippen LogP contribution < -0.4 is 15.8 Å². The van der Waals surface area contributed by atoms with E-state index in [1.807, 2.05) is 49.4 Å². The number of para-hydroxylation sites is 1. The third kappa shape index (κ3) is 3.75. The highest BCUT2D eigenvalue weighted by molar-refractivity contribution is 5.92. The van der Waals surface area contributed by atoms with Gasteiger partial charge in [-0.2, -0.15) is 0 Å². The van der Waals surface area contributed by atoms with Gasteiger partial charge in [0.2, 0.25) is 0 Å². The Morgan fingerprint density at radius 3 is 2.60 bits per heavy atom. The number of aryl methyl sites for hydroxylation is 1. The topological polar surface area (TPSA) is 59.6 Å². The molecule has 0 saturated carbocycles. The van der Waals surface area contributed by atoms with E-state index in [-0.39, 0.29) is 0 Å². The van der Waals surface area contributed by atoms with Crippen molar-refractivity contribution in [3.05, 3.63) is 59.7 Å². The van der Waals surface area contributed by atoms with Gasteiger partial charge in [-0.3, -0.25) is 0 Å². The number of ether oxygens (including phenoxy) is 1. The molecule has 0 atom stereocenters. The molecule has 0 aliphatic rings. The molecule has 0 saturated heterocycles. The van der Waals surface area contributed by atoms with Crippen molar-refractivity contribution in [1.29, 1.82) is 0 Å². The minimum Gasteiger partial charge on any atom is -0.496 e. The normalized spacial score (nSPS) is 11.2. The predicted molar refractivity (Wildman–Crippen MR) is 83.1 cm³/mol. The Labute approximate surface area is 119 Å². The second-order valence-electron chi connectivity index (χ2n) is 4.50. The average Bonchev–Trinajstić information content (AvgIpc) is 2.46. The number of hydrogen-bond donors (Lipinski definition) is 2. The van der Waals surface area contributed by atoms with Gasteiger partial charge in [0, 0.05) is 5.69 Å². The van der Waals surface area contributed by atoms with E-state index in [1.165, 1.54) is 0 Å². The summed E-state index contributed by atoms with van der Waals surface area (Å²) in [6.45, 7) is 2.55. The molecule has 104 valence electrons. The van der Waals surface area contributed by atoms with Gasteiger partial charge in [0.1, 0.15) is 5.75 Å². The van der Waals surface area contributed by atoms with Crippen LogP contribution in [0.25, 0.3) is 0 Å². The van der Waals surface area contributed by atoms with Crippen molar-refractivity contribution >= 4 is 11.6 Å². The SMILES string of the molecule is COc1ccc(CN=C(N)Nc2ccccc2)cc1C. The number of rotatable bonds is 4. The van der Waals surface area contributed by atoms with Crippen LogP contribution in [0.2, 0.25) is 0 Å². The van der Waals surface area contributed by atoms with E-state index in [0.717, 1.165) is 22.6 Å². The fourth-order valence-electron chi connectivity index (χ4n) is 1.92. The minimum absolute atomic E-state index is 0.407. The number of anilines is 1. The van der Waals surface area contributed by atoms with Crippen LogP contribution in [-0.4, -0.2) is 13.1 Å². The van der Waals surface area contributed by atoms with Gasteiger partial charge < -0.3 is 15.8 Å². The molecule has 0 aliphatic heterocycles. The summed E-state index contributed by atoms with van der Waals surface area (Å²) in [5.41, 5.74) is 8.98. The van der Waals surface area contributed by atoms with Crippen LogP contribution in [0.4, 0.5) is 5.69 Å². The first-order valence-electron chi connectivity index (χ1n) is 6.44. The van der Waals surface area contributed by atoms with Crippen molar-refractivity contribution < 1.29 is 4.74 Å². The van der Waals surface area contributed by atoms with Gasteiger partial charge in [0.15, 0.2) is 5.96 Å². The number of nitrogens with one attached hydrogen (secondary N) is 1. The Morgan fingerprint density at radius 2 is 1.95 bits per heavy atom. The molecule has 4 nitrogen and oxygen atoms in total. The Hall–Kier alpha value is -2.49. The van der Waals surface area contributed by atoms with Crippen LogP contribution in [0, 0.1) is 6.92 Å². The summed E-state index contributed by atoms with van der Waals surface area (Å²) < 4.78 is 5.23. The Bertz CT molecular complexity index is 594. The summed E-state index contributed by atoms with van der Waals surface area (Å²) in [6, 6.07) is 15.7. The van der Waals surface area contributed by atoms with Crippen molar-refractivity contribution in [1.82, 2.24) is 0 Å². The lowest BCUT2D eigenvalue weighted by Gasteiger charge is -2.07. The van der Waals surface area contributed by atoms with Crippen molar-refractivity contribution in [2.45, 2.75) is 13.5 Å². The highest BCUT2D eigenvalue weighted by Crippen LogP contribution is 2.18. The lowest BCUT2D eigenvalue weighted by atomic mass is 10.1. The monoisotopic (exact) mass is 269 g/mol. The number of aliphatic imine (C=N–C) groups is 1. The molecule has 0 radical (unpaired) electrons. The summed E-state index contributed by atoms with van der Waals surface area (Å²) >= 11 is 0. The second kappa shape index (κ2) is 6.61. The minimum atomic E-state index is 0.407. The number of guanidine groups is 1. The quantitative estimate of drug-likeness (QED) is 0.662. The molecule has 0 amide bonds. The van der Waals surface area contributed by atoms with E-state index in [9.17, 15) is 0 Å². The molecule has 0 aromatic heterocycles. The van der Waals surface area contributed by atoms with Crippen molar-refractivity contribution in [2.75, 3.05) is 12.4 Å². The number of methoxy groups -OCH3 is 1. The lowest BCUT2D eigenvalue weighted by Crippen LogP contribution is -2.22. The molecule has 2 aromatic rings. The molecule has 0 spiro atoms. The van der Waals surface area contributed by atoms with Crippen molar-refractivity contribution in [3.8, 4) is 5.75 Å². The Kier molecular flexibility index (Phi) is 4.60. The zero-order valence-electron chi connectivity index (χ0n) is 11.8. The Balaban J connectivity index is 2.00. The van der Waals surface area contributed by atoms with E-state index in [2.05, 4.69) is 16.4 Å². The highest BCUT2D eigenvalue weighted by Gasteiger charge is 2.00. The zero-order chi connectivity index (χ0) is 14.4. The number of nitrogens with two attached hydrogens (primary N) is 1. The molecule has 2 rings (SSSR count). The largest absolute Gasteiger partial charge is 0.496 e. The van der Waals surface area contributed by atoms with E-state index in [0.29, 0.717) is 12.5 Å². The van der Waals surface area contributed by atoms with E-state index in [1.54, 1.807) is 7.11 Å². The van der Waals surface area contributed by atoms with E-state index in [4.69, 9.17) is 10.5 Å². The summed E-state index contributed by atoms with van der Waals surface area (Å²) in [5, 5.41) is 3.05. The van der Waals surface area contributed by atoms with Crippen LogP contribution in [0.5, 0.6) is 5.75 Å². The van der Waals surface area contributed by atoms with Gasteiger partial charge in [-0.1, -0.05) is 30.3 Å². The van der Waals surface area contributed by atoms with Gasteiger partial charge in [-0.15, -0.1) is 0 Å². The van der Waals surface area contributed by atoms with Gasteiger partial charge in [0.05, 0.1) is 13.7 Å². The zero-order valence-corrected chi connectivity index (χ0v) is 11.8. The summed E-state index contributed by atoms with van der Waals surface area (Å²) in [6.07, 6.45) is 0. The van der Waals surface area contributed by atoms with Crippen molar-refractivity contribution in [2.24, 2.45) is 10.7 Å². The van der Waals surface area contributed by atoms with Gasteiger partial charge in [-0.25, -0.2) is 4.99 Å². The molecule has 0 fully saturated rings. The first-order valence-corrected chi connectivity index (χ1v) is 6.44. The van der Waals surface area contributed by atoms with Crippen LogP contribution in [-0.2, 0) is 6.54 Å². The standard InChI is InChI=1S/C16H19N3O/c1-12-10-13(8-9-15(12)20-2)11-18-16(17)19-14-6-4-3-5-7-14/h3-10H,11H2,1-2H3,(H3,17,18,19). The first-order chi connectivity index (χ1) is 9.69. The molecule has 20 heavy (non-hydrogen) atoms. The molecule has 0 aliphatic carbocycles. The van der Waals surface area contributed by atoms with Crippen LogP contribution in [0.3, 0.4) is 0 Å². The molecule has 0 heterocycles. The van der Waals surface area contributed by atoms with Gasteiger partial charge in [-0.05, 0) is 36.2 Å². The lowest BCUT2D eigenvalue weighted by molar-refractivity contribution is 0.411. The smallest absolute Gasteiger partial charge is 0.193 e. The molecule has 0 bridgehead atoms.